The third kappa shape index (κ3) is 9.71. The Balaban J connectivity index is 3.10. The van der Waals surface area contributed by atoms with Crippen LogP contribution < -0.4 is 10.6 Å². The molecule has 0 aliphatic heterocycles. The van der Waals surface area contributed by atoms with Crippen molar-refractivity contribution in [3.8, 4) is 0 Å². The third-order valence-corrected chi connectivity index (χ3v) is 1.97. The molecule has 0 radical (unpaired) electrons. The van der Waals surface area contributed by atoms with E-state index in [1.54, 1.807) is 0 Å². The molecule has 4 nitrogen and oxygen atoms in total. The molecule has 0 atom stereocenters. The molecule has 0 bridgehead atoms. The van der Waals surface area contributed by atoms with Crippen LogP contribution in [0.15, 0.2) is 24.4 Å². The first-order valence-electron chi connectivity index (χ1n) is 5.57. The van der Waals surface area contributed by atoms with E-state index in [1.807, 2.05) is 14.0 Å². The van der Waals surface area contributed by atoms with Crippen LogP contribution >= 0.6 is 0 Å². The molecular weight excluding hydrogens is 204 g/mol. The van der Waals surface area contributed by atoms with E-state index < -0.39 is 0 Å². The van der Waals surface area contributed by atoms with Crippen molar-refractivity contribution in [1.82, 2.24) is 10.6 Å². The standard InChI is InChI=1S/C12H24N2O2/c1-11(2)12(3)14-6-8-16-10-9-15-7-5-13-4/h13-14H,1,3,5-10H2,2,4H3. The van der Waals surface area contributed by atoms with Crippen LogP contribution in [0.25, 0.3) is 0 Å². The monoisotopic (exact) mass is 228 g/mol. The van der Waals surface area contributed by atoms with Gasteiger partial charge in [0, 0.05) is 18.8 Å². The van der Waals surface area contributed by atoms with E-state index in [0.29, 0.717) is 19.8 Å². The Morgan fingerprint density at radius 1 is 1.00 bits per heavy atom. The summed E-state index contributed by atoms with van der Waals surface area (Å²) in [6, 6.07) is 0. The number of ether oxygens (including phenoxy) is 2. The maximum atomic E-state index is 5.37. The number of allylic oxidation sites excluding steroid dienone is 1. The number of hydrogen-bond donors (Lipinski definition) is 2. The van der Waals surface area contributed by atoms with Gasteiger partial charge in [0.15, 0.2) is 0 Å². The van der Waals surface area contributed by atoms with Crippen molar-refractivity contribution in [2.45, 2.75) is 6.92 Å². The summed E-state index contributed by atoms with van der Waals surface area (Å²) in [5, 5.41) is 6.13. The highest BCUT2D eigenvalue weighted by atomic mass is 16.5. The Hall–Kier alpha value is -0.840. The molecule has 0 aromatic carbocycles. The first kappa shape index (κ1) is 15.2. The highest BCUT2D eigenvalue weighted by molar-refractivity contribution is 5.20. The van der Waals surface area contributed by atoms with Gasteiger partial charge in [-0.15, -0.1) is 0 Å². The molecule has 0 saturated carbocycles. The van der Waals surface area contributed by atoms with Crippen molar-refractivity contribution in [2.75, 3.05) is 46.6 Å². The molecule has 16 heavy (non-hydrogen) atoms. The van der Waals surface area contributed by atoms with Crippen molar-refractivity contribution < 1.29 is 9.47 Å². The average Bonchev–Trinajstić information content (AvgIpc) is 2.26. The summed E-state index contributed by atoms with van der Waals surface area (Å²) in [4.78, 5) is 0. The van der Waals surface area contributed by atoms with Crippen LogP contribution in [-0.2, 0) is 9.47 Å². The average molecular weight is 228 g/mol. The maximum absolute atomic E-state index is 5.37. The summed E-state index contributed by atoms with van der Waals surface area (Å²) in [5.41, 5.74) is 1.82. The number of nitrogens with one attached hydrogen (secondary N) is 2. The van der Waals surface area contributed by atoms with Crippen LogP contribution in [-0.4, -0.2) is 46.6 Å². The molecule has 0 fully saturated rings. The highest BCUT2D eigenvalue weighted by Gasteiger charge is 1.93. The van der Waals surface area contributed by atoms with Crippen LogP contribution in [0.4, 0.5) is 0 Å². The van der Waals surface area contributed by atoms with Crippen LogP contribution in [0, 0.1) is 0 Å². The van der Waals surface area contributed by atoms with Crippen molar-refractivity contribution >= 4 is 0 Å². The smallest absolute Gasteiger partial charge is 0.0701 e. The van der Waals surface area contributed by atoms with Gasteiger partial charge in [0.1, 0.15) is 0 Å². The van der Waals surface area contributed by atoms with Gasteiger partial charge < -0.3 is 20.1 Å². The highest BCUT2D eigenvalue weighted by Crippen LogP contribution is 1.96. The van der Waals surface area contributed by atoms with Gasteiger partial charge in [-0.2, -0.15) is 0 Å². The van der Waals surface area contributed by atoms with E-state index in [4.69, 9.17) is 9.47 Å². The van der Waals surface area contributed by atoms with E-state index >= 15 is 0 Å². The van der Waals surface area contributed by atoms with Gasteiger partial charge in [-0.3, -0.25) is 0 Å². The second kappa shape index (κ2) is 10.7. The van der Waals surface area contributed by atoms with E-state index in [1.165, 1.54) is 0 Å². The minimum absolute atomic E-state index is 0.630. The lowest BCUT2D eigenvalue weighted by Crippen LogP contribution is -2.20. The molecule has 0 saturated heterocycles. The van der Waals surface area contributed by atoms with Crippen molar-refractivity contribution in [3.63, 3.8) is 0 Å². The van der Waals surface area contributed by atoms with E-state index in [-0.39, 0.29) is 0 Å². The van der Waals surface area contributed by atoms with Crippen LogP contribution in [0.1, 0.15) is 6.92 Å². The SMILES string of the molecule is C=C(C)C(=C)NCCOCCOCCNC. The van der Waals surface area contributed by atoms with E-state index in [2.05, 4.69) is 23.8 Å². The molecule has 0 rings (SSSR count). The molecule has 0 amide bonds. The van der Waals surface area contributed by atoms with E-state index in [9.17, 15) is 0 Å². The molecule has 0 aliphatic rings. The lowest BCUT2D eigenvalue weighted by molar-refractivity contribution is 0.0509. The summed E-state index contributed by atoms with van der Waals surface area (Å²) in [7, 11) is 1.90. The predicted octanol–water partition coefficient (Wildman–Crippen LogP) is 0.918. The lowest BCUT2D eigenvalue weighted by atomic mass is 10.3. The zero-order valence-electron chi connectivity index (χ0n) is 10.5. The lowest BCUT2D eigenvalue weighted by Gasteiger charge is -2.09. The zero-order chi connectivity index (χ0) is 12.2. The van der Waals surface area contributed by atoms with Crippen molar-refractivity contribution in [3.05, 3.63) is 24.4 Å². The number of likely N-dealkylation sites (N-methyl/N-ethyl adjacent to an activating group) is 1. The van der Waals surface area contributed by atoms with Gasteiger partial charge >= 0.3 is 0 Å². The quantitative estimate of drug-likeness (QED) is 0.408. The fourth-order valence-electron chi connectivity index (χ4n) is 0.921. The van der Waals surface area contributed by atoms with Crippen molar-refractivity contribution in [1.29, 1.82) is 0 Å². The maximum Gasteiger partial charge on any atom is 0.0701 e. The van der Waals surface area contributed by atoms with Gasteiger partial charge in [0.25, 0.3) is 0 Å². The molecule has 0 heterocycles. The number of rotatable bonds is 11. The van der Waals surface area contributed by atoms with Crippen LogP contribution in [0.5, 0.6) is 0 Å². The first-order valence-corrected chi connectivity index (χ1v) is 5.57. The first-order chi connectivity index (χ1) is 7.68. The topological polar surface area (TPSA) is 42.5 Å². The molecular formula is C12H24N2O2. The molecule has 0 spiro atoms. The summed E-state index contributed by atoms with van der Waals surface area (Å²) >= 11 is 0. The zero-order valence-corrected chi connectivity index (χ0v) is 10.5. The normalized spacial score (nSPS) is 10.1. The summed E-state index contributed by atoms with van der Waals surface area (Å²) in [6.07, 6.45) is 0. The van der Waals surface area contributed by atoms with Gasteiger partial charge in [0.2, 0.25) is 0 Å². The fourth-order valence-corrected chi connectivity index (χ4v) is 0.921. The summed E-state index contributed by atoms with van der Waals surface area (Å²) in [5.74, 6) is 0. The fraction of sp³-hybridized carbons (Fsp3) is 0.667. The van der Waals surface area contributed by atoms with Gasteiger partial charge in [0.05, 0.1) is 26.4 Å². The summed E-state index contributed by atoms with van der Waals surface area (Å²) < 4.78 is 10.7. The molecule has 4 heteroatoms. The minimum atomic E-state index is 0.630. The minimum Gasteiger partial charge on any atom is -0.383 e. The molecule has 0 aliphatic carbocycles. The molecule has 0 aromatic rings. The van der Waals surface area contributed by atoms with Gasteiger partial charge in [-0.05, 0) is 19.5 Å². The molecule has 0 unspecified atom stereocenters. The Bertz CT molecular complexity index is 205. The van der Waals surface area contributed by atoms with Crippen LogP contribution in [0.3, 0.4) is 0 Å². The molecule has 2 N–H and O–H groups in total. The largest absolute Gasteiger partial charge is 0.383 e. The summed E-state index contributed by atoms with van der Waals surface area (Å²) in [6.45, 7) is 13.8. The Labute approximate surface area is 98.7 Å². The second-order valence-electron chi connectivity index (χ2n) is 3.51. The van der Waals surface area contributed by atoms with E-state index in [0.717, 1.165) is 31.0 Å². The molecule has 94 valence electrons. The second-order valence-corrected chi connectivity index (χ2v) is 3.51. The predicted molar refractivity (Wildman–Crippen MR) is 67.5 cm³/mol. The Kier molecular flexibility index (Phi) is 10.1. The Morgan fingerprint density at radius 3 is 2.06 bits per heavy atom. The van der Waals surface area contributed by atoms with Crippen molar-refractivity contribution in [2.24, 2.45) is 0 Å². The molecule has 0 aromatic heterocycles. The van der Waals surface area contributed by atoms with Crippen LogP contribution in [0.2, 0.25) is 0 Å². The third-order valence-electron chi connectivity index (χ3n) is 1.97. The Morgan fingerprint density at radius 2 is 1.56 bits per heavy atom. The van der Waals surface area contributed by atoms with Gasteiger partial charge in [-0.25, -0.2) is 0 Å². The number of hydrogen-bond acceptors (Lipinski definition) is 4. The van der Waals surface area contributed by atoms with Gasteiger partial charge in [-0.1, -0.05) is 13.2 Å².